The first-order chi connectivity index (χ1) is 14.2. The van der Waals surface area contributed by atoms with Gasteiger partial charge >= 0.3 is 6.18 Å². The summed E-state index contributed by atoms with van der Waals surface area (Å²) in [5.41, 5.74) is -0.864. The monoisotopic (exact) mass is 436 g/mol. The Morgan fingerprint density at radius 3 is 2.70 bits per heavy atom. The zero-order valence-corrected chi connectivity index (χ0v) is 16.1. The van der Waals surface area contributed by atoms with Gasteiger partial charge < -0.3 is 10.4 Å². The maximum absolute atomic E-state index is 12.8. The molecule has 2 unspecified atom stereocenters. The Kier molecular flexibility index (Phi) is 4.14. The van der Waals surface area contributed by atoms with E-state index in [-0.39, 0.29) is 23.4 Å². The Hall–Kier alpha value is -2.65. The summed E-state index contributed by atoms with van der Waals surface area (Å²) in [5.74, 6) is -0.488. The smallest absolute Gasteiger partial charge is 0.385 e. The van der Waals surface area contributed by atoms with Crippen LogP contribution in [0.25, 0.3) is 10.9 Å². The Morgan fingerprint density at radius 1 is 1.27 bits per heavy atom. The van der Waals surface area contributed by atoms with Crippen molar-refractivity contribution >= 4 is 28.4 Å². The Bertz CT molecular complexity index is 1150. The zero-order chi connectivity index (χ0) is 21.3. The van der Waals surface area contributed by atoms with Crippen LogP contribution in [0.3, 0.4) is 0 Å². The van der Waals surface area contributed by atoms with Crippen molar-refractivity contribution in [3.05, 3.63) is 58.5 Å². The molecule has 2 aliphatic carbocycles. The van der Waals surface area contributed by atoms with Crippen LogP contribution in [0.2, 0.25) is 5.02 Å². The number of fused-ring (bicyclic) bond motifs is 2. The molecule has 2 aliphatic rings. The average Bonchev–Trinajstić information content (AvgIpc) is 3.03. The highest BCUT2D eigenvalue weighted by Gasteiger charge is 2.62. The van der Waals surface area contributed by atoms with E-state index in [1.165, 1.54) is 6.07 Å². The maximum atomic E-state index is 12.8. The molecule has 1 amide bonds. The molecule has 3 aromatic rings. The molecule has 2 aromatic heterocycles. The molecule has 0 spiro atoms. The number of amides is 1. The molecule has 0 bridgehead atoms. The van der Waals surface area contributed by atoms with Crippen molar-refractivity contribution < 1.29 is 23.1 Å². The highest BCUT2D eigenvalue weighted by atomic mass is 35.5. The molecule has 3 N–H and O–H groups in total. The van der Waals surface area contributed by atoms with Gasteiger partial charge in [-0.2, -0.15) is 18.3 Å². The summed E-state index contributed by atoms with van der Waals surface area (Å²) in [6, 6.07) is 5.28. The van der Waals surface area contributed by atoms with E-state index in [0.717, 1.165) is 23.2 Å². The van der Waals surface area contributed by atoms with Gasteiger partial charge in [-0.05, 0) is 54.5 Å². The summed E-state index contributed by atoms with van der Waals surface area (Å²) in [5, 5.41) is 22.2. The van der Waals surface area contributed by atoms with E-state index in [2.05, 4.69) is 20.5 Å². The first kappa shape index (κ1) is 19.3. The SMILES string of the molecule is O=C(NC1C2CC(O)(c3cc(Cl)cc4[nH]ncc34)CC21)c1ccnc(C(F)(F)F)c1. The van der Waals surface area contributed by atoms with Gasteiger partial charge in [-0.25, -0.2) is 0 Å². The Balaban J connectivity index is 1.30. The lowest BCUT2D eigenvalue weighted by atomic mass is 9.86. The van der Waals surface area contributed by atoms with Gasteiger partial charge in [-0.1, -0.05) is 11.6 Å². The van der Waals surface area contributed by atoms with Crippen LogP contribution in [0.5, 0.6) is 0 Å². The zero-order valence-electron chi connectivity index (χ0n) is 15.4. The normalized spacial score (nSPS) is 27.8. The number of aliphatic hydroxyl groups is 1. The van der Waals surface area contributed by atoms with Crippen molar-refractivity contribution in [3.63, 3.8) is 0 Å². The van der Waals surface area contributed by atoms with Crippen molar-refractivity contribution in [2.45, 2.75) is 30.7 Å². The maximum Gasteiger partial charge on any atom is 0.433 e. The van der Waals surface area contributed by atoms with Crippen LogP contribution in [-0.2, 0) is 11.8 Å². The van der Waals surface area contributed by atoms with Crippen molar-refractivity contribution in [1.82, 2.24) is 20.5 Å². The molecule has 2 saturated carbocycles. The quantitative estimate of drug-likeness (QED) is 0.584. The molecule has 2 heterocycles. The van der Waals surface area contributed by atoms with Crippen LogP contribution >= 0.6 is 11.6 Å². The minimum absolute atomic E-state index is 0.0452. The van der Waals surface area contributed by atoms with Crippen LogP contribution in [0.15, 0.2) is 36.7 Å². The Morgan fingerprint density at radius 2 is 2.00 bits per heavy atom. The number of hydrogen-bond acceptors (Lipinski definition) is 4. The van der Waals surface area contributed by atoms with E-state index in [1.807, 2.05) is 0 Å². The largest absolute Gasteiger partial charge is 0.433 e. The fourth-order valence-electron chi connectivity index (χ4n) is 4.66. The molecular weight excluding hydrogens is 421 g/mol. The Labute approximate surface area is 173 Å². The summed E-state index contributed by atoms with van der Waals surface area (Å²) in [6.07, 6.45) is -1.15. The lowest BCUT2D eigenvalue weighted by Gasteiger charge is -2.27. The van der Waals surface area contributed by atoms with Gasteiger partial charge in [-0.15, -0.1) is 0 Å². The van der Waals surface area contributed by atoms with E-state index >= 15 is 0 Å². The van der Waals surface area contributed by atoms with Gasteiger partial charge in [0.15, 0.2) is 0 Å². The molecule has 5 rings (SSSR count). The highest BCUT2D eigenvalue weighted by Crippen LogP contribution is 2.60. The molecule has 0 radical (unpaired) electrons. The second-order valence-electron chi connectivity index (χ2n) is 7.98. The fraction of sp³-hybridized carbons (Fsp3) is 0.350. The van der Waals surface area contributed by atoms with Gasteiger partial charge in [0, 0.05) is 28.2 Å². The van der Waals surface area contributed by atoms with Gasteiger partial charge in [0.2, 0.25) is 0 Å². The van der Waals surface area contributed by atoms with E-state index in [4.69, 9.17) is 11.6 Å². The van der Waals surface area contributed by atoms with Crippen LogP contribution in [0.1, 0.15) is 34.5 Å². The second kappa shape index (κ2) is 6.42. The topological polar surface area (TPSA) is 90.9 Å². The summed E-state index contributed by atoms with van der Waals surface area (Å²) in [4.78, 5) is 15.7. The number of aromatic nitrogens is 3. The summed E-state index contributed by atoms with van der Waals surface area (Å²) in [7, 11) is 0. The van der Waals surface area contributed by atoms with Gasteiger partial charge in [-0.3, -0.25) is 14.9 Å². The van der Waals surface area contributed by atoms with Gasteiger partial charge in [0.25, 0.3) is 5.91 Å². The number of alkyl halides is 3. The standard InChI is InChI=1S/C20H16ClF3N4O2/c21-10-4-14(13-8-26-28-15(13)5-10)19(30)6-11-12(7-19)17(11)27-18(29)9-1-2-25-16(3-9)20(22,23)24/h1-5,8,11-12,17,30H,6-7H2,(H,26,28)(H,27,29). The predicted octanol–water partition coefficient (Wildman–Crippen LogP) is 3.66. The number of pyridine rings is 1. The lowest BCUT2D eigenvalue weighted by Crippen LogP contribution is -2.33. The minimum atomic E-state index is -4.61. The molecule has 2 fully saturated rings. The molecular formula is C20H16ClF3N4O2. The van der Waals surface area contributed by atoms with E-state index < -0.39 is 23.4 Å². The van der Waals surface area contributed by atoms with Crippen LogP contribution < -0.4 is 5.32 Å². The van der Waals surface area contributed by atoms with Crippen molar-refractivity contribution in [2.24, 2.45) is 11.8 Å². The molecule has 10 heteroatoms. The predicted molar refractivity (Wildman–Crippen MR) is 102 cm³/mol. The lowest BCUT2D eigenvalue weighted by molar-refractivity contribution is -0.141. The van der Waals surface area contributed by atoms with Crippen LogP contribution in [-0.4, -0.2) is 32.2 Å². The number of benzene rings is 1. The molecule has 30 heavy (non-hydrogen) atoms. The molecule has 1 aromatic carbocycles. The van der Waals surface area contributed by atoms with Crippen molar-refractivity contribution in [1.29, 1.82) is 0 Å². The van der Waals surface area contributed by atoms with Crippen molar-refractivity contribution in [2.75, 3.05) is 0 Å². The first-order valence-electron chi connectivity index (χ1n) is 9.35. The summed E-state index contributed by atoms with van der Waals surface area (Å²) < 4.78 is 38.5. The number of H-pyrrole nitrogens is 1. The van der Waals surface area contributed by atoms with Gasteiger partial charge in [0.1, 0.15) is 5.69 Å². The number of nitrogens with zero attached hydrogens (tertiary/aromatic N) is 2. The molecule has 156 valence electrons. The number of hydrogen-bond donors (Lipinski definition) is 3. The number of halogens is 4. The minimum Gasteiger partial charge on any atom is -0.385 e. The highest BCUT2D eigenvalue weighted by molar-refractivity contribution is 6.31. The number of carbonyl (C=O) groups excluding carboxylic acids is 1. The van der Waals surface area contributed by atoms with E-state index in [0.29, 0.717) is 23.4 Å². The molecule has 0 aliphatic heterocycles. The molecule has 0 saturated heterocycles. The molecule has 2 atom stereocenters. The average molecular weight is 437 g/mol. The van der Waals surface area contributed by atoms with E-state index in [1.54, 1.807) is 18.3 Å². The first-order valence-corrected chi connectivity index (χ1v) is 9.73. The summed E-state index contributed by atoms with van der Waals surface area (Å²) in [6.45, 7) is 0. The third-order valence-electron chi connectivity index (χ3n) is 6.11. The second-order valence-corrected chi connectivity index (χ2v) is 8.42. The number of carbonyl (C=O) groups is 1. The fourth-order valence-corrected chi connectivity index (χ4v) is 4.88. The third-order valence-corrected chi connectivity index (χ3v) is 6.33. The van der Waals surface area contributed by atoms with Crippen molar-refractivity contribution in [3.8, 4) is 0 Å². The summed E-state index contributed by atoms with van der Waals surface area (Å²) >= 11 is 6.18. The van der Waals surface area contributed by atoms with Crippen LogP contribution in [0.4, 0.5) is 13.2 Å². The van der Waals surface area contributed by atoms with Crippen LogP contribution in [0, 0.1) is 11.8 Å². The van der Waals surface area contributed by atoms with Gasteiger partial charge in [0.05, 0.1) is 17.3 Å². The third kappa shape index (κ3) is 3.13. The number of aromatic amines is 1. The van der Waals surface area contributed by atoms with E-state index in [9.17, 15) is 23.1 Å². The number of nitrogens with one attached hydrogen (secondary N) is 2. The number of rotatable bonds is 3. The molecule has 6 nitrogen and oxygen atoms in total.